The third-order valence-electron chi connectivity index (χ3n) is 5.50. The lowest BCUT2D eigenvalue weighted by molar-refractivity contribution is 0.0524. The first-order chi connectivity index (χ1) is 15.3. The van der Waals surface area contributed by atoms with E-state index >= 15 is 4.39 Å². The summed E-state index contributed by atoms with van der Waals surface area (Å²) in [6, 6.07) is 5.16. The smallest absolute Gasteiger partial charge is 0.343 e. The molecule has 9 heteroatoms. The van der Waals surface area contributed by atoms with Crippen LogP contribution in [0.15, 0.2) is 35.3 Å². The topological polar surface area (TPSA) is 51.5 Å². The molecule has 0 N–H and O–H groups in total. The van der Waals surface area contributed by atoms with E-state index in [1.54, 1.807) is 13.0 Å². The number of nitrogens with zero attached hydrogens (tertiary/aromatic N) is 2. The maximum Gasteiger partial charge on any atom is 0.343 e. The highest BCUT2D eigenvalue weighted by Gasteiger charge is 2.24. The van der Waals surface area contributed by atoms with E-state index in [2.05, 4.69) is 4.90 Å². The average Bonchev–Trinajstić information content (AvgIpc) is 3.26. The highest BCUT2D eigenvalue weighted by Crippen LogP contribution is 2.31. The van der Waals surface area contributed by atoms with Gasteiger partial charge >= 0.3 is 5.97 Å². The first kappa shape index (κ1) is 22.4. The van der Waals surface area contributed by atoms with Gasteiger partial charge in [-0.3, -0.25) is 9.69 Å². The zero-order valence-electron chi connectivity index (χ0n) is 17.3. The lowest BCUT2D eigenvalue weighted by Crippen LogP contribution is -2.21. The third-order valence-corrected chi connectivity index (χ3v) is 5.84. The van der Waals surface area contributed by atoms with Gasteiger partial charge in [0, 0.05) is 12.7 Å². The molecule has 168 valence electrons. The second-order valence-corrected chi connectivity index (χ2v) is 7.99. The van der Waals surface area contributed by atoms with Crippen LogP contribution in [0.3, 0.4) is 0 Å². The number of benzene rings is 2. The summed E-state index contributed by atoms with van der Waals surface area (Å²) in [6.07, 6.45) is 3.24. The van der Waals surface area contributed by atoms with Gasteiger partial charge in [-0.1, -0.05) is 17.7 Å². The van der Waals surface area contributed by atoms with Gasteiger partial charge in [-0.15, -0.1) is 0 Å². The van der Waals surface area contributed by atoms with Crippen molar-refractivity contribution in [2.75, 3.05) is 19.7 Å². The fourth-order valence-corrected chi connectivity index (χ4v) is 4.26. The molecule has 0 saturated carbocycles. The van der Waals surface area contributed by atoms with Crippen molar-refractivity contribution in [3.05, 3.63) is 74.3 Å². The lowest BCUT2D eigenvalue weighted by atomic mass is 10.1. The van der Waals surface area contributed by atoms with Gasteiger partial charge in [0.2, 0.25) is 5.43 Å². The molecule has 3 aromatic rings. The van der Waals surface area contributed by atoms with E-state index in [1.807, 2.05) is 0 Å². The summed E-state index contributed by atoms with van der Waals surface area (Å²) >= 11 is 6.03. The number of likely N-dealkylation sites (tertiary alicyclic amines) is 1. The molecule has 4 rings (SSSR count). The lowest BCUT2D eigenvalue weighted by Gasteiger charge is -2.18. The Morgan fingerprint density at radius 2 is 1.84 bits per heavy atom. The van der Waals surface area contributed by atoms with Gasteiger partial charge in [0.05, 0.1) is 23.2 Å². The molecular formula is C23H20ClF3N2O3. The van der Waals surface area contributed by atoms with Crippen LogP contribution in [0.5, 0.6) is 0 Å². The zero-order valence-corrected chi connectivity index (χ0v) is 18.0. The molecule has 0 bridgehead atoms. The van der Waals surface area contributed by atoms with Gasteiger partial charge in [-0.2, -0.15) is 0 Å². The van der Waals surface area contributed by atoms with Crippen LogP contribution in [0.1, 0.15) is 35.7 Å². The maximum atomic E-state index is 15.2. The largest absolute Gasteiger partial charge is 0.462 e. The summed E-state index contributed by atoms with van der Waals surface area (Å²) in [5, 5.41) is -1.05. The van der Waals surface area contributed by atoms with Crippen molar-refractivity contribution >= 4 is 28.5 Å². The molecule has 0 amide bonds. The molecule has 5 nitrogen and oxygen atoms in total. The fourth-order valence-electron chi connectivity index (χ4n) is 3.98. The zero-order chi connectivity index (χ0) is 23.0. The minimum Gasteiger partial charge on any atom is -0.462 e. The molecular weight excluding hydrogens is 445 g/mol. The van der Waals surface area contributed by atoms with E-state index in [9.17, 15) is 18.4 Å². The summed E-state index contributed by atoms with van der Waals surface area (Å²) < 4.78 is 49.5. The molecule has 1 aliphatic heterocycles. The average molecular weight is 465 g/mol. The molecule has 2 heterocycles. The molecule has 1 fully saturated rings. The fraction of sp³-hybridized carbons (Fsp3) is 0.304. The van der Waals surface area contributed by atoms with Gasteiger partial charge in [0.25, 0.3) is 0 Å². The number of carbonyl (C=O) groups excluding carboxylic acids is 1. The molecule has 32 heavy (non-hydrogen) atoms. The molecule has 0 aliphatic carbocycles. The monoisotopic (exact) mass is 464 g/mol. The van der Waals surface area contributed by atoms with Crippen molar-refractivity contribution < 1.29 is 22.7 Å². The van der Waals surface area contributed by atoms with Gasteiger partial charge in [-0.25, -0.2) is 18.0 Å². The van der Waals surface area contributed by atoms with Gasteiger partial charge in [0.15, 0.2) is 11.6 Å². The number of hydrogen-bond donors (Lipinski definition) is 0. The van der Waals surface area contributed by atoms with Gasteiger partial charge in [0.1, 0.15) is 16.4 Å². The quantitative estimate of drug-likeness (QED) is 0.401. The van der Waals surface area contributed by atoms with Crippen LogP contribution in [0.25, 0.3) is 16.6 Å². The third kappa shape index (κ3) is 4.00. The van der Waals surface area contributed by atoms with E-state index in [-0.39, 0.29) is 23.2 Å². The number of aromatic nitrogens is 1. The number of carbonyl (C=O) groups is 1. The molecule has 1 aromatic heterocycles. The summed E-state index contributed by atoms with van der Waals surface area (Å²) in [4.78, 5) is 27.3. The van der Waals surface area contributed by atoms with Crippen molar-refractivity contribution in [1.82, 2.24) is 9.47 Å². The highest BCUT2D eigenvalue weighted by molar-refractivity contribution is 6.35. The van der Waals surface area contributed by atoms with Crippen LogP contribution >= 0.6 is 11.6 Å². The minimum absolute atomic E-state index is 0.00555. The van der Waals surface area contributed by atoms with E-state index in [0.717, 1.165) is 42.3 Å². The highest BCUT2D eigenvalue weighted by atomic mass is 35.5. The Bertz CT molecular complexity index is 1270. The number of pyridine rings is 1. The van der Waals surface area contributed by atoms with Crippen LogP contribution in [0.2, 0.25) is 5.02 Å². The first-order valence-corrected chi connectivity index (χ1v) is 10.6. The summed E-state index contributed by atoms with van der Waals surface area (Å²) in [6.45, 7) is 4.02. The Hall–Kier alpha value is -2.84. The SMILES string of the molecule is CCOC(=O)c1cn(-c2ccc(CN3CCCC3)cc2F)c2c(Cl)c(F)c(F)cc2c1=O. The normalized spacial score (nSPS) is 14.3. The van der Waals surface area contributed by atoms with Crippen molar-refractivity contribution in [3.8, 4) is 5.69 Å². The Kier molecular flexibility index (Phi) is 6.26. The number of esters is 1. The molecule has 1 saturated heterocycles. The molecule has 2 aromatic carbocycles. The molecule has 0 spiro atoms. The standard InChI is InChI=1S/C23H20ClF3N2O3/c1-2-32-23(31)15-12-29(21-14(22(15)30)10-17(26)20(27)19(21)24)18-6-5-13(9-16(18)25)11-28-7-3-4-8-28/h5-6,9-10,12H,2-4,7-8,11H2,1H3. The predicted molar refractivity (Wildman–Crippen MR) is 115 cm³/mol. The van der Waals surface area contributed by atoms with Crippen molar-refractivity contribution in [2.24, 2.45) is 0 Å². The van der Waals surface area contributed by atoms with Crippen LogP contribution < -0.4 is 5.43 Å². The van der Waals surface area contributed by atoms with E-state index in [1.165, 1.54) is 12.1 Å². The van der Waals surface area contributed by atoms with Crippen LogP contribution in [0.4, 0.5) is 13.2 Å². The van der Waals surface area contributed by atoms with Crippen LogP contribution in [0, 0.1) is 17.5 Å². The predicted octanol–water partition coefficient (Wildman–Crippen LogP) is 4.83. The van der Waals surface area contributed by atoms with E-state index < -0.39 is 39.4 Å². The molecule has 0 unspecified atom stereocenters. The summed E-state index contributed by atoms with van der Waals surface area (Å²) in [7, 11) is 0. The summed E-state index contributed by atoms with van der Waals surface area (Å²) in [5.41, 5.74) is -0.899. The van der Waals surface area contributed by atoms with Gasteiger partial charge in [-0.05, 0) is 56.6 Å². The number of halogens is 4. The number of ether oxygens (including phenoxy) is 1. The van der Waals surface area contributed by atoms with Crippen molar-refractivity contribution in [3.63, 3.8) is 0 Å². The summed E-state index contributed by atoms with van der Waals surface area (Å²) in [5.74, 6) is -4.35. The van der Waals surface area contributed by atoms with Crippen LogP contribution in [-0.4, -0.2) is 35.1 Å². The maximum absolute atomic E-state index is 15.2. The molecule has 1 aliphatic rings. The number of hydrogen-bond acceptors (Lipinski definition) is 4. The van der Waals surface area contributed by atoms with Crippen molar-refractivity contribution in [2.45, 2.75) is 26.3 Å². The number of fused-ring (bicyclic) bond motifs is 1. The second kappa shape index (κ2) is 8.96. The Morgan fingerprint density at radius 3 is 2.50 bits per heavy atom. The number of rotatable bonds is 5. The molecule has 0 radical (unpaired) electrons. The van der Waals surface area contributed by atoms with Crippen LogP contribution in [-0.2, 0) is 11.3 Å². The minimum atomic E-state index is -1.37. The Labute approximate surface area is 187 Å². The van der Waals surface area contributed by atoms with E-state index in [0.29, 0.717) is 12.6 Å². The Morgan fingerprint density at radius 1 is 1.12 bits per heavy atom. The first-order valence-electron chi connectivity index (χ1n) is 10.2. The molecule has 0 atom stereocenters. The van der Waals surface area contributed by atoms with E-state index in [4.69, 9.17) is 16.3 Å². The second-order valence-electron chi connectivity index (χ2n) is 7.61. The van der Waals surface area contributed by atoms with Gasteiger partial charge < -0.3 is 9.30 Å². The Balaban J connectivity index is 1.92. The van der Waals surface area contributed by atoms with Crippen molar-refractivity contribution in [1.29, 1.82) is 0 Å².